The van der Waals surface area contributed by atoms with E-state index in [4.69, 9.17) is 11.6 Å². The maximum Gasteiger partial charge on any atom is 0.251 e. The van der Waals surface area contributed by atoms with Crippen molar-refractivity contribution in [3.05, 3.63) is 34.3 Å². The molecule has 5 heteroatoms. The van der Waals surface area contributed by atoms with Gasteiger partial charge in [-0.1, -0.05) is 17.7 Å². The van der Waals surface area contributed by atoms with Gasteiger partial charge in [0, 0.05) is 23.7 Å². The third kappa shape index (κ3) is 5.19. The fourth-order valence-corrected chi connectivity index (χ4v) is 2.11. The highest BCUT2D eigenvalue weighted by Gasteiger charge is 2.22. The van der Waals surface area contributed by atoms with Crippen LogP contribution in [-0.2, 0) is 0 Å². The molecule has 4 nitrogen and oxygen atoms in total. The van der Waals surface area contributed by atoms with Crippen LogP contribution in [0.4, 0.5) is 0 Å². The van der Waals surface area contributed by atoms with Crippen LogP contribution in [0.25, 0.3) is 0 Å². The summed E-state index contributed by atoms with van der Waals surface area (Å²) < 4.78 is 0. The number of carbonyl (C=O) groups is 1. The first-order valence-electron chi connectivity index (χ1n) is 6.13. The summed E-state index contributed by atoms with van der Waals surface area (Å²) in [5, 5.41) is 13.4. The highest BCUT2D eigenvalue weighted by atomic mass is 35.5. The zero-order chi connectivity index (χ0) is 14.6. The molecule has 0 bridgehead atoms. The van der Waals surface area contributed by atoms with Crippen LogP contribution in [0.2, 0.25) is 5.02 Å². The van der Waals surface area contributed by atoms with Crippen LogP contribution < -0.4 is 5.32 Å². The van der Waals surface area contributed by atoms with Crippen molar-refractivity contribution >= 4 is 17.5 Å². The van der Waals surface area contributed by atoms with Gasteiger partial charge in [0.2, 0.25) is 0 Å². The summed E-state index contributed by atoms with van der Waals surface area (Å²) in [5.74, 6) is -0.223. The van der Waals surface area contributed by atoms with Crippen molar-refractivity contribution in [2.75, 3.05) is 27.2 Å². The number of nitrogens with zero attached hydrogens (tertiary/aromatic N) is 1. The molecule has 1 aromatic rings. The van der Waals surface area contributed by atoms with Crippen molar-refractivity contribution in [2.45, 2.75) is 19.4 Å². The molecule has 0 saturated heterocycles. The van der Waals surface area contributed by atoms with Crippen molar-refractivity contribution in [2.24, 2.45) is 0 Å². The number of aryl methyl sites for hydroxylation is 1. The predicted octanol–water partition coefficient (Wildman–Crippen LogP) is 1.69. The molecular formula is C14H21ClN2O2. The van der Waals surface area contributed by atoms with E-state index < -0.39 is 5.60 Å². The third-order valence-corrected chi connectivity index (χ3v) is 2.97. The molecule has 1 amide bonds. The summed E-state index contributed by atoms with van der Waals surface area (Å²) in [4.78, 5) is 13.9. The Kier molecular flexibility index (Phi) is 5.35. The molecule has 0 spiro atoms. The number of halogens is 1. The molecule has 0 aliphatic carbocycles. The van der Waals surface area contributed by atoms with Gasteiger partial charge in [0.25, 0.3) is 5.91 Å². The minimum atomic E-state index is -0.967. The number of benzene rings is 1. The average Bonchev–Trinajstić information content (AvgIpc) is 2.27. The first kappa shape index (κ1) is 16.0. The minimum Gasteiger partial charge on any atom is -0.387 e. The normalized spacial score (nSPS) is 14.3. The molecule has 0 aliphatic rings. The van der Waals surface area contributed by atoms with Gasteiger partial charge in [0.05, 0.1) is 5.60 Å². The SMILES string of the molecule is Cc1ccc(Cl)cc1C(=O)NCC(C)(O)CN(C)C. The Morgan fingerprint density at radius 2 is 2.11 bits per heavy atom. The molecule has 1 aromatic carbocycles. The van der Waals surface area contributed by atoms with E-state index in [2.05, 4.69) is 5.32 Å². The molecule has 0 aromatic heterocycles. The Hall–Kier alpha value is -1.10. The minimum absolute atomic E-state index is 0.190. The summed E-state index contributed by atoms with van der Waals surface area (Å²) in [6.07, 6.45) is 0. The van der Waals surface area contributed by atoms with Crippen molar-refractivity contribution in [1.82, 2.24) is 10.2 Å². The summed E-state index contributed by atoms with van der Waals surface area (Å²) >= 11 is 5.88. The number of aliphatic hydroxyl groups is 1. The van der Waals surface area contributed by atoms with Crippen LogP contribution >= 0.6 is 11.6 Å². The van der Waals surface area contributed by atoms with Crippen LogP contribution in [0.3, 0.4) is 0 Å². The van der Waals surface area contributed by atoms with Crippen LogP contribution in [0, 0.1) is 6.92 Å². The van der Waals surface area contributed by atoms with Gasteiger partial charge in [-0.2, -0.15) is 0 Å². The summed E-state index contributed by atoms with van der Waals surface area (Å²) in [7, 11) is 3.74. The predicted molar refractivity (Wildman–Crippen MR) is 77.7 cm³/mol. The van der Waals surface area contributed by atoms with E-state index in [1.54, 1.807) is 25.1 Å². The molecule has 0 heterocycles. The quantitative estimate of drug-likeness (QED) is 0.865. The van der Waals surface area contributed by atoms with Crippen LogP contribution in [0.15, 0.2) is 18.2 Å². The highest BCUT2D eigenvalue weighted by Crippen LogP contribution is 2.15. The Bertz CT molecular complexity index is 459. The van der Waals surface area contributed by atoms with Gasteiger partial charge in [0.1, 0.15) is 0 Å². The van der Waals surface area contributed by atoms with E-state index in [-0.39, 0.29) is 12.5 Å². The van der Waals surface area contributed by atoms with E-state index in [1.165, 1.54) is 0 Å². The second-order valence-electron chi connectivity index (χ2n) is 5.38. The molecule has 0 radical (unpaired) electrons. The number of hydrogen-bond donors (Lipinski definition) is 2. The first-order valence-corrected chi connectivity index (χ1v) is 6.50. The van der Waals surface area contributed by atoms with E-state index in [0.717, 1.165) is 5.56 Å². The second kappa shape index (κ2) is 6.37. The largest absolute Gasteiger partial charge is 0.387 e. The molecule has 106 valence electrons. The van der Waals surface area contributed by atoms with E-state index in [0.29, 0.717) is 17.1 Å². The van der Waals surface area contributed by atoms with Gasteiger partial charge < -0.3 is 15.3 Å². The van der Waals surface area contributed by atoms with Gasteiger partial charge in [-0.3, -0.25) is 4.79 Å². The maximum absolute atomic E-state index is 12.1. The zero-order valence-corrected chi connectivity index (χ0v) is 12.6. The third-order valence-electron chi connectivity index (χ3n) is 2.73. The van der Waals surface area contributed by atoms with Crippen LogP contribution in [0.1, 0.15) is 22.8 Å². The van der Waals surface area contributed by atoms with Gasteiger partial charge in [-0.05, 0) is 45.6 Å². The van der Waals surface area contributed by atoms with E-state index in [9.17, 15) is 9.90 Å². The Labute approximate surface area is 119 Å². The highest BCUT2D eigenvalue weighted by molar-refractivity contribution is 6.31. The zero-order valence-electron chi connectivity index (χ0n) is 11.8. The molecular weight excluding hydrogens is 264 g/mol. The lowest BCUT2D eigenvalue weighted by Crippen LogP contribution is -2.47. The molecule has 0 aliphatic heterocycles. The average molecular weight is 285 g/mol. The molecule has 0 saturated carbocycles. The van der Waals surface area contributed by atoms with Crippen molar-refractivity contribution in [1.29, 1.82) is 0 Å². The lowest BCUT2D eigenvalue weighted by molar-refractivity contribution is 0.0326. The van der Waals surface area contributed by atoms with Crippen molar-refractivity contribution in [3.63, 3.8) is 0 Å². The Morgan fingerprint density at radius 3 is 2.68 bits per heavy atom. The summed E-state index contributed by atoms with van der Waals surface area (Å²) in [6.45, 7) is 4.21. The number of amides is 1. The van der Waals surface area contributed by atoms with Gasteiger partial charge in [-0.25, -0.2) is 0 Å². The number of hydrogen-bond acceptors (Lipinski definition) is 3. The van der Waals surface area contributed by atoms with Gasteiger partial charge in [0.15, 0.2) is 0 Å². The van der Waals surface area contributed by atoms with Crippen LogP contribution in [0.5, 0.6) is 0 Å². The lowest BCUT2D eigenvalue weighted by Gasteiger charge is -2.27. The standard InChI is InChI=1S/C14H21ClN2O2/c1-10-5-6-11(15)7-12(10)13(18)16-8-14(2,19)9-17(3)4/h5-7,19H,8-9H2,1-4H3,(H,16,18). The Morgan fingerprint density at radius 1 is 1.47 bits per heavy atom. The molecule has 1 atom stereocenters. The topological polar surface area (TPSA) is 52.6 Å². The van der Waals surface area contributed by atoms with E-state index in [1.807, 2.05) is 25.9 Å². The summed E-state index contributed by atoms with van der Waals surface area (Å²) in [6, 6.07) is 5.18. The molecule has 1 rings (SSSR count). The fourth-order valence-electron chi connectivity index (χ4n) is 1.94. The molecule has 2 N–H and O–H groups in total. The lowest BCUT2D eigenvalue weighted by atomic mass is 10.1. The second-order valence-corrected chi connectivity index (χ2v) is 5.81. The Balaban J connectivity index is 2.68. The van der Waals surface area contributed by atoms with Crippen molar-refractivity contribution < 1.29 is 9.90 Å². The van der Waals surface area contributed by atoms with E-state index >= 15 is 0 Å². The number of likely N-dealkylation sites (N-methyl/N-ethyl adjacent to an activating group) is 1. The molecule has 19 heavy (non-hydrogen) atoms. The smallest absolute Gasteiger partial charge is 0.251 e. The van der Waals surface area contributed by atoms with Crippen molar-refractivity contribution in [3.8, 4) is 0 Å². The first-order chi connectivity index (χ1) is 8.71. The van der Waals surface area contributed by atoms with Crippen LogP contribution in [-0.4, -0.2) is 48.7 Å². The molecule has 1 unspecified atom stereocenters. The van der Waals surface area contributed by atoms with Gasteiger partial charge in [-0.15, -0.1) is 0 Å². The number of rotatable bonds is 5. The number of nitrogens with one attached hydrogen (secondary N) is 1. The maximum atomic E-state index is 12.1. The molecule has 0 fully saturated rings. The fraction of sp³-hybridized carbons (Fsp3) is 0.500. The summed E-state index contributed by atoms with van der Waals surface area (Å²) in [5.41, 5.74) is 0.424. The monoisotopic (exact) mass is 284 g/mol. The van der Waals surface area contributed by atoms with Gasteiger partial charge >= 0.3 is 0 Å². The number of carbonyl (C=O) groups excluding carboxylic acids is 1.